The maximum Gasteiger partial charge on any atom is 0.224 e. The summed E-state index contributed by atoms with van der Waals surface area (Å²) in [5.41, 5.74) is 10.2. The van der Waals surface area contributed by atoms with Gasteiger partial charge in [-0.3, -0.25) is 5.10 Å². The minimum absolute atomic E-state index is 0.126. The van der Waals surface area contributed by atoms with Crippen molar-refractivity contribution in [2.24, 2.45) is 0 Å². The van der Waals surface area contributed by atoms with Crippen LogP contribution < -0.4 is 20.7 Å². The lowest BCUT2D eigenvalue weighted by atomic mass is 9.97. The first-order chi connectivity index (χ1) is 17.6. The van der Waals surface area contributed by atoms with Crippen LogP contribution in [0.4, 0.5) is 17.5 Å². The van der Waals surface area contributed by atoms with E-state index in [-0.39, 0.29) is 12.0 Å². The van der Waals surface area contributed by atoms with Crippen molar-refractivity contribution < 1.29 is 4.74 Å². The predicted octanol–water partition coefficient (Wildman–Crippen LogP) is 5.42. The molecule has 9 heteroatoms. The molecule has 4 N–H and O–H groups in total. The number of anilines is 3. The quantitative estimate of drug-likeness (QED) is 0.287. The first-order valence-corrected chi connectivity index (χ1v) is 12.1. The van der Waals surface area contributed by atoms with Gasteiger partial charge in [0.25, 0.3) is 0 Å². The van der Waals surface area contributed by atoms with Gasteiger partial charge in [-0.2, -0.15) is 15.1 Å². The molecule has 0 bridgehead atoms. The number of aromatic amines is 1. The van der Waals surface area contributed by atoms with Gasteiger partial charge in [0.05, 0.1) is 11.6 Å². The number of halogens is 1. The molecule has 2 aromatic heterocycles. The van der Waals surface area contributed by atoms with Gasteiger partial charge in [-0.1, -0.05) is 41.9 Å². The number of aromatic nitrogens is 4. The third-order valence-corrected chi connectivity index (χ3v) is 6.48. The average molecular weight is 498 g/mol. The van der Waals surface area contributed by atoms with Gasteiger partial charge in [0.1, 0.15) is 17.3 Å². The third kappa shape index (κ3) is 4.63. The summed E-state index contributed by atoms with van der Waals surface area (Å²) in [4.78, 5) is 11.0. The molecule has 0 aliphatic carbocycles. The highest BCUT2D eigenvalue weighted by Crippen LogP contribution is 2.31. The van der Waals surface area contributed by atoms with E-state index in [2.05, 4.69) is 66.8 Å². The zero-order chi connectivity index (χ0) is 24.5. The molecule has 180 valence electrons. The zero-order valence-corrected chi connectivity index (χ0v) is 20.1. The number of ether oxygens (including phenoxy) is 1. The minimum atomic E-state index is 0.126. The normalized spacial score (nSPS) is 15.0. The van der Waals surface area contributed by atoms with Crippen molar-refractivity contribution in [3.63, 3.8) is 0 Å². The van der Waals surface area contributed by atoms with Crippen LogP contribution >= 0.6 is 11.6 Å². The summed E-state index contributed by atoms with van der Waals surface area (Å²) in [6.07, 6.45) is 2.59. The Kier molecular flexibility index (Phi) is 5.79. The second-order valence-corrected chi connectivity index (χ2v) is 9.26. The number of nitrogens with two attached hydrogens (primary N) is 1. The molecule has 1 aliphatic rings. The van der Waals surface area contributed by atoms with Gasteiger partial charge in [0.2, 0.25) is 5.95 Å². The van der Waals surface area contributed by atoms with E-state index in [1.165, 1.54) is 11.3 Å². The highest BCUT2D eigenvalue weighted by atomic mass is 35.5. The van der Waals surface area contributed by atoms with Crippen molar-refractivity contribution in [1.29, 1.82) is 0 Å². The van der Waals surface area contributed by atoms with Crippen LogP contribution in [0.25, 0.3) is 11.0 Å². The summed E-state index contributed by atoms with van der Waals surface area (Å²) in [5.74, 6) is 2.43. The Hall–Kier alpha value is -4.30. The molecule has 0 fully saturated rings. The van der Waals surface area contributed by atoms with E-state index in [1.807, 2.05) is 36.4 Å². The van der Waals surface area contributed by atoms with E-state index < -0.39 is 0 Å². The molecule has 1 unspecified atom stereocenters. The lowest BCUT2D eigenvalue weighted by Crippen LogP contribution is -2.42. The summed E-state index contributed by atoms with van der Waals surface area (Å²) < 4.78 is 6.05. The monoisotopic (exact) mass is 497 g/mol. The molecular weight excluding hydrogens is 474 g/mol. The van der Waals surface area contributed by atoms with Crippen LogP contribution in [0.15, 0.2) is 79.0 Å². The zero-order valence-electron chi connectivity index (χ0n) is 19.4. The number of H-pyrrole nitrogens is 1. The van der Waals surface area contributed by atoms with Crippen molar-refractivity contribution in [2.45, 2.75) is 19.0 Å². The number of nitrogens with one attached hydrogen (secondary N) is 2. The molecule has 5 aromatic rings. The predicted molar refractivity (Wildman–Crippen MR) is 143 cm³/mol. The van der Waals surface area contributed by atoms with Crippen LogP contribution in [0.5, 0.6) is 11.5 Å². The second-order valence-electron chi connectivity index (χ2n) is 8.82. The molecule has 0 spiro atoms. The summed E-state index contributed by atoms with van der Waals surface area (Å²) in [5, 5.41) is 12.1. The lowest BCUT2D eigenvalue weighted by molar-refractivity contribution is 0.482. The molecule has 0 radical (unpaired) electrons. The fraction of sp³-hybridized carbons (Fsp3) is 0.148. The Labute approximate surface area is 213 Å². The van der Waals surface area contributed by atoms with E-state index in [1.54, 1.807) is 6.20 Å². The standard InChI is InChI=1S/C27H24ClN7O/c28-19-8-10-21(11-9-19)36-22-6-3-4-17(12-22)15-35-16-20(13-18-5-1-2-7-24(18)35)31-25-23-14-30-34-26(23)33-27(29)32-25/h1-12,14,20H,13,15-16H2,(H4,29,30,31,32,33,34). The number of hydrogen-bond acceptors (Lipinski definition) is 7. The number of nitrogen functional groups attached to an aromatic ring is 1. The topological polar surface area (TPSA) is 105 Å². The highest BCUT2D eigenvalue weighted by Gasteiger charge is 2.25. The largest absolute Gasteiger partial charge is 0.457 e. The van der Waals surface area contributed by atoms with Gasteiger partial charge in [0, 0.05) is 29.8 Å². The maximum absolute atomic E-state index is 6.05. The van der Waals surface area contributed by atoms with Crippen LogP contribution in [0.1, 0.15) is 11.1 Å². The summed E-state index contributed by atoms with van der Waals surface area (Å²) >= 11 is 6.00. The molecule has 1 aliphatic heterocycles. The Balaban J connectivity index is 1.24. The van der Waals surface area contributed by atoms with Crippen LogP contribution in [0, 0.1) is 0 Å². The van der Waals surface area contributed by atoms with Crippen molar-refractivity contribution in [3.8, 4) is 11.5 Å². The first-order valence-electron chi connectivity index (χ1n) is 11.7. The van der Waals surface area contributed by atoms with Crippen LogP contribution in [-0.2, 0) is 13.0 Å². The van der Waals surface area contributed by atoms with Crippen LogP contribution in [0.2, 0.25) is 5.02 Å². The smallest absolute Gasteiger partial charge is 0.224 e. The molecular formula is C27H24ClN7O. The average Bonchev–Trinajstić information content (AvgIpc) is 3.34. The van der Waals surface area contributed by atoms with Gasteiger partial charge in [-0.15, -0.1) is 0 Å². The molecule has 0 amide bonds. The summed E-state index contributed by atoms with van der Waals surface area (Å²) in [6, 6.07) is 24.2. The van der Waals surface area contributed by atoms with E-state index in [9.17, 15) is 0 Å². The minimum Gasteiger partial charge on any atom is -0.457 e. The molecule has 6 rings (SSSR count). The summed E-state index contributed by atoms with van der Waals surface area (Å²) in [6.45, 7) is 1.53. The van der Waals surface area contributed by atoms with Gasteiger partial charge in [-0.05, 0) is 60.0 Å². The molecule has 1 atom stereocenters. The number of nitrogens with zero attached hydrogens (tertiary/aromatic N) is 4. The van der Waals surface area contributed by atoms with E-state index in [0.717, 1.165) is 42.0 Å². The van der Waals surface area contributed by atoms with E-state index in [0.29, 0.717) is 16.5 Å². The summed E-state index contributed by atoms with van der Waals surface area (Å²) in [7, 11) is 0. The fourth-order valence-corrected chi connectivity index (χ4v) is 4.78. The number of para-hydroxylation sites is 1. The third-order valence-electron chi connectivity index (χ3n) is 6.23. The number of benzene rings is 3. The highest BCUT2D eigenvalue weighted by molar-refractivity contribution is 6.30. The number of fused-ring (bicyclic) bond motifs is 2. The fourth-order valence-electron chi connectivity index (χ4n) is 4.65. The first kappa shape index (κ1) is 22.2. The van der Waals surface area contributed by atoms with Crippen molar-refractivity contribution in [1.82, 2.24) is 20.2 Å². The SMILES string of the molecule is Nc1nc(NC2Cc3ccccc3N(Cc3cccc(Oc4ccc(Cl)cc4)c3)C2)c2cn[nH]c2n1. The van der Waals surface area contributed by atoms with Crippen molar-refractivity contribution in [2.75, 3.05) is 22.5 Å². The number of rotatable bonds is 6. The Bertz CT molecular complexity index is 1520. The van der Waals surface area contributed by atoms with E-state index in [4.69, 9.17) is 22.1 Å². The Morgan fingerprint density at radius 2 is 1.89 bits per heavy atom. The van der Waals surface area contributed by atoms with Crippen molar-refractivity contribution >= 4 is 40.1 Å². The Morgan fingerprint density at radius 1 is 1.03 bits per heavy atom. The molecule has 0 saturated heterocycles. The van der Waals surface area contributed by atoms with Crippen LogP contribution in [-0.4, -0.2) is 32.8 Å². The Morgan fingerprint density at radius 3 is 2.78 bits per heavy atom. The van der Waals surface area contributed by atoms with Crippen molar-refractivity contribution in [3.05, 3.63) is 95.1 Å². The molecule has 36 heavy (non-hydrogen) atoms. The molecule has 8 nitrogen and oxygen atoms in total. The molecule has 3 heterocycles. The van der Waals surface area contributed by atoms with Gasteiger partial charge in [0.15, 0.2) is 5.65 Å². The lowest BCUT2D eigenvalue weighted by Gasteiger charge is -2.37. The maximum atomic E-state index is 6.05. The number of hydrogen-bond donors (Lipinski definition) is 3. The second kappa shape index (κ2) is 9.39. The van der Waals surface area contributed by atoms with Crippen LogP contribution in [0.3, 0.4) is 0 Å². The molecule has 3 aromatic carbocycles. The van der Waals surface area contributed by atoms with Gasteiger partial charge in [-0.25, -0.2) is 0 Å². The van der Waals surface area contributed by atoms with Gasteiger partial charge >= 0.3 is 0 Å². The van der Waals surface area contributed by atoms with Gasteiger partial charge < -0.3 is 20.7 Å². The van der Waals surface area contributed by atoms with E-state index >= 15 is 0 Å². The molecule has 0 saturated carbocycles.